The van der Waals surface area contributed by atoms with Gasteiger partial charge in [0.1, 0.15) is 11.5 Å². The summed E-state index contributed by atoms with van der Waals surface area (Å²) in [6, 6.07) is 10.1. The van der Waals surface area contributed by atoms with Crippen LogP contribution in [0.15, 0.2) is 40.9 Å². The number of alkyl halides is 3. The highest BCUT2D eigenvalue weighted by Gasteiger charge is 2.52. The fourth-order valence-electron chi connectivity index (χ4n) is 4.69. The molecule has 42 heavy (non-hydrogen) atoms. The van der Waals surface area contributed by atoms with Gasteiger partial charge < -0.3 is 33.5 Å². The summed E-state index contributed by atoms with van der Waals surface area (Å²) in [7, 11) is 3.12. The Labute approximate surface area is 254 Å². The van der Waals surface area contributed by atoms with Crippen LogP contribution in [0.5, 0.6) is 11.5 Å². The van der Waals surface area contributed by atoms with Gasteiger partial charge in [0.15, 0.2) is 18.2 Å². The Morgan fingerprint density at radius 2 is 1.31 bits per heavy atom. The van der Waals surface area contributed by atoms with Gasteiger partial charge in [-0.3, -0.25) is 0 Å². The molecule has 0 spiro atoms. The molecule has 11 heteroatoms. The summed E-state index contributed by atoms with van der Waals surface area (Å²) < 4.78 is 73.2. The maximum absolute atomic E-state index is 13.2. The number of methoxy groups -OCH3 is 2. The lowest BCUT2D eigenvalue weighted by Gasteiger charge is -2.29. The minimum atomic E-state index is -4.77. The second-order valence-corrected chi connectivity index (χ2v) is 11.2. The summed E-state index contributed by atoms with van der Waals surface area (Å²) in [6.07, 6.45) is 2.14. The van der Waals surface area contributed by atoms with Crippen molar-refractivity contribution in [2.45, 2.75) is 82.6 Å². The summed E-state index contributed by atoms with van der Waals surface area (Å²) in [5, 5.41) is 9.98. The SMILES string of the molecule is COc1ccc(Br)c(CCOC2CCCCO2)c1.COc1ccc(C(C)(O)C(F)(F)F)c(CCOC2CCCCO2)c1. The van der Waals surface area contributed by atoms with E-state index in [4.69, 9.17) is 28.4 Å². The van der Waals surface area contributed by atoms with Crippen molar-refractivity contribution in [1.82, 2.24) is 0 Å². The second-order valence-electron chi connectivity index (χ2n) is 10.4. The van der Waals surface area contributed by atoms with Gasteiger partial charge in [-0.25, -0.2) is 0 Å². The summed E-state index contributed by atoms with van der Waals surface area (Å²) >= 11 is 3.54. The molecule has 2 aromatic rings. The van der Waals surface area contributed by atoms with Crippen molar-refractivity contribution in [1.29, 1.82) is 0 Å². The largest absolute Gasteiger partial charge is 0.497 e. The molecule has 1 N–H and O–H groups in total. The lowest BCUT2D eigenvalue weighted by atomic mass is 9.89. The summed E-state index contributed by atoms with van der Waals surface area (Å²) in [6.45, 7) is 3.10. The lowest BCUT2D eigenvalue weighted by Crippen LogP contribution is -2.40. The number of aliphatic hydroxyl groups is 1. The van der Waals surface area contributed by atoms with Crippen LogP contribution in [0.4, 0.5) is 13.2 Å². The highest BCUT2D eigenvalue weighted by molar-refractivity contribution is 9.10. The molecule has 2 heterocycles. The third-order valence-electron chi connectivity index (χ3n) is 7.27. The number of hydrogen-bond acceptors (Lipinski definition) is 7. The zero-order valence-corrected chi connectivity index (χ0v) is 26.1. The maximum atomic E-state index is 13.2. The third-order valence-corrected chi connectivity index (χ3v) is 8.04. The summed E-state index contributed by atoms with van der Waals surface area (Å²) in [5.74, 6) is 1.31. The molecule has 2 aliphatic rings. The van der Waals surface area contributed by atoms with Crippen LogP contribution in [0.1, 0.15) is 62.1 Å². The molecule has 2 aliphatic heterocycles. The van der Waals surface area contributed by atoms with Crippen LogP contribution < -0.4 is 9.47 Å². The number of halogens is 4. The predicted octanol–water partition coefficient (Wildman–Crippen LogP) is 7.09. The zero-order valence-electron chi connectivity index (χ0n) is 24.5. The van der Waals surface area contributed by atoms with Gasteiger partial charge in [0, 0.05) is 17.7 Å². The van der Waals surface area contributed by atoms with Crippen molar-refractivity contribution < 1.29 is 46.7 Å². The topological polar surface area (TPSA) is 75.6 Å². The normalized spacial score (nSPS) is 20.7. The van der Waals surface area contributed by atoms with E-state index in [1.807, 2.05) is 18.2 Å². The van der Waals surface area contributed by atoms with E-state index in [0.717, 1.165) is 62.3 Å². The maximum Gasteiger partial charge on any atom is 0.421 e. The van der Waals surface area contributed by atoms with E-state index in [0.29, 0.717) is 24.5 Å². The van der Waals surface area contributed by atoms with E-state index < -0.39 is 11.8 Å². The first-order valence-electron chi connectivity index (χ1n) is 14.3. The van der Waals surface area contributed by atoms with E-state index in [9.17, 15) is 18.3 Å². The molecule has 0 saturated carbocycles. The Morgan fingerprint density at radius 1 is 0.810 bits per heavy atom. The Bertz CT molecular complexity index is 1080. The van der Waals surface area contributed by atoms with Crippen molar-refractivity contribution in [3.63, 3.8) is 0 Å². The molecule has 3 unspecified atom stereocenters. The van der Waals surface area contributed by atoms with Gasteiger partial charge in [0.2, 0.25) is 0 Å². The minimum Gasteiger partial charge on any atom is -0.497 e. The van der Waals surface area contributed by atoms with E-state index in [1.54, 1.807) is 7.11 Å². The highest BCUT2D eigenvalue weighted by atomic mass is 79.9. The highest BCUT2D eigenvalue weighted by Crippen LogP contribution is 2.41. The number of ether oxygens (including phenoxy) is 6. The number of benzene rings is 2. The Kier molecular flexibility index (Phi) is 13.9. The standard InChI is InChI=1S/C17H23F3O4.C14H19BrO3/c1-16(21,17(18,19)20)14-7-6-13(22-2)11-12(14)8-10-24-15-5-3-4-9-23-15;1-16-12-5-6-13(15)11(10-12)7-9-18-14-4-2-3-8-17-14/h6-7,11,15,21H,3-5,8-10H2,1-2H3;5-6,10,14H,2-4,7-9H2,1H3. The van der Waals surface area contributed by atoms with Gasteiger partial charge in [-0.05, 0) is 105 Å². The van der Waals surface area contributed by atoms with Gasteiger partial charge in [-0.1, -0.05) is 22.0 Å². The minimum absolute atomic E-state index is 0.0110. The second kappa shape index (κ2) is 16.8. The Hall–Kier alpha value is -1.89. The van der Waals surface area contributed by atoms with Crippen LogP contribution >= 0.6 is 15.9 Å². The molecule has 0 bridgehead atoms. The first kappa shape index (κ1) is 34.6. The molecular weight excluding hydrogens is 621 g/mol. The van der Waals surface area contributed by atoms with Crippen LogP contribution in [-0.2, 0) is 37.4 Å². The first-order chi connectivity index (χ1) is 20.0. The van der Waals surface area contributed by atoms with Crippen LogP contribution in [-0.4, -0.2) is 64.5 Å². The molecule has 0 aromatic heterocycles. The fourth-order valence-corrected chi connectivity index (χ4v) is 5.13. The molecule has 2 saturated heterocycles. The van der Waals surface area contributed by atoms with Crippen LogP contribution in [0.3, 0.4) is 0 Å². The lowest BCUT2D eigenvalue weighted by molar-refractivity contribution is -0.259. The zero-order chi connectivity index (χ0) is 30.6. The Balaban J connectivity index is 0.000000240. The van der Waals surface area contributed by atoms with Gasteiger partial charge in [-0.2, -0.15) is 13.2 Å². The van der Waals surface area contributed by atoms with Crippen molar-refractivity contribution in [3.05, 3.63) is 57.6 Å². The molecule has 2 fully saturated rings. The van der Waals surface area contributed by atoms with E-state index in [1.165, 1.54) is 37.3 Å². The van der Waals surface area contributed by atoms with Gasteiger partial charge in [0.25, 0.3) is 0 Å². The van der Waals surface area contributed by atoms with Crippen LogP contribution in [0.25, 0.3) is 0 Å². The average Bonchev–Trinajstić information content (AvgIpc) is 2.99. The number of rotatable bonds is 11. The Morgan fingerprint density at radius 3 is 1.79 bits per heavy atom. The molecule has 3 atom stereocenters. The van der Waals surface area contributed by atoms with E-state index >= 15 is 0 Å². The molecule has 0 radical (unpaired) electrons. The van der Waals surface area contributed by atoms with Gasteiger partial charge in [-0.15, -0.1) is 0 Å². The summed E-state index contributed by atoms with van der Waals surface area (Å²) in [4.78, 5) is 0. The molecule has 0 amide bonds. The van der Waals surface area contributed by atoms with Crippen LogP contribution in [0.2, 0.25) is 0 Å². The van der Waals surface area contributed by atoms with Crippen LogP contribution in [0, 0.1) is 0 Å². The molecule has 7 nitrogen and oxygen atoms in total. The van der Waals surface area contributed by atoms with E-state index in [2.05, 4.69) is 15.9 Å². The third kappa shape index (κ3) is 10.4. The fraction of sp³-hybridized carbons (Fsp3) is 0.613. The van der Waals surface area contributed by atoms with E-state index in [-0.39, 0.29) is 31.2 Å². The monoisotopic (exact) mass is 662 g/mol. The van der Waals surface area contributed by atoms with Crippen molar-refractivity contribution in [3.8, 4) is 11.5 Å². The van der Waals surface area contributed by atoms with Crippen molar-refractivity contribution >= 4 is 15.9 Å². The molecule has 2 aromatic carbocycles. The quantitative estimate of drug-likeness (QED) is 0.275. The van der Waals surface area contributed by atoms with Crippen molar-refractivity contribution in [2.24, 2.45) is 0 Å². The molecule has 4 rings (SSSR count). The predicted molar refractivity (Wildman–Crippen MR) is 156 cm³/mol. The smallest absolute Gasteiger partial charge is 0.421 e. The first-order valence-corrected chi connectivity index (χ1v) is 15.1. The molecule has 0 aliphatic carbocycles. The van der Waals surface area contributed by atoms with Crippen molar-refractivity contribution in [2.75, 3.05) is 40.6 Å². The summed E-state index contributed by atoms with van der Waals surface area (Å²) in [5.41, 5.74) is -1.59. The molecular formula is C31H42BrF3O7. The van der Waals surface area contributed by atoms with Gasteiger partial charge in [0.05, 0.1) is 27.4 Å². The van der Waals surface area contributed by atoms with Gasteiger partial charge >= 0.3 is 6.18 Å². The average molecular weight is 664 g/mol. The molecule has 236 valence electrons. The number of hydrogen-bond donors (Lipinski definition) is 1.